The molecule has 0 saturated carbocycles. The van der Waals surface area contributed by atoms with Gasteiger partial charge in [0.05, 0.1) is 10.7 Å². The number of nitrogens with two attached hydrogens (primary N) is 1. The summed E-state index contributed by atoms with van der Waals surface area (Å²) < 4.78 is 6.49. The molecule has 1 aromatic carbocycles. The predicted octanol–water partition coefficient (Wildman–Crippen LogP) is 3.26. The molecule has 14 heavy (non-hydrogen) atoms. The zero-order valence-corrected chi connectivity index (χ0v) is 9.54. The van der Waals surface area contributed by atoms with Gasteiger partial charge in [-0.3, -0.25) is 0 Å². The largest absolute Gasteiger partial charge is 0.463 e. The molecule has 0 aliphatic heterocycles. The van der Waals surface area contributed by atoms with Gasteiger partial charge in [0.1, 0.15) is 5.58 Å². The number of fused-ring (bicyclic) bond motifs is 1. The molecule has 0 fully saturated rings. The first kappa shape index (κ1) is 9.74. The molecule has 0 spiro atoms. The first-order valence-corrected chi connectivity index (χ1v) is 5.39. The Bertz CT molecular complexity index is 449. The van der Waals surface area contributed by atoms with E-state index < -0.39 is 0 Å². The number of furan rings is 1. The highest BCUT2D eigenvalue weighted by molar-refractivity contribution is 9.10. The minimum absolute atomic E-state index is 0.338. The Morgan fingerprint density at radius 3 is 3.00 bits per heavy atom. The van der Waals surface area contributed by atoms with Crippen LogP contribution in [0.4, 0.5) is 0 Å². The molecular formula is C11H12BrNO. The third-order valence-corrected chi connectivity index (χ3v) is 3.09. The van der Waals surface area contributed by atoms with E-state index in [4.69, 9.17) is 10.2 Å². The molecule has 1 unspecified atom stereocenters. The van der Waals surface area contributed by atoms with Crippen LogP contribution in [0.15, 0.2) is 33.4 Å². The fourth-order valence-corrected chi connectivity index (χ4v) is 2.01. The number of rotatable bonds is 2. The van der Waals surface area contributed by atoms with Gasteiger partial charge in [0.15, 0.2) is 0 Å². The summed E-state index contributed by atoms with van der Waals surface area (Å²) in [7, 11) is 0. The van der Waals surface area contributed by atoms with Crippen molar-refractivity contribution in [3.63, 3.8) is 0 Å². The Labute approximate surface area is 91.2 Å². The van der Waals surface area contributed by atoms with Gasteiger partial charge in [-0.05, 0) is 34.5 Å². The first-order valence-electron chi connectivity index (χ1n) is 4.59. The van der Waals surface area contributed by atoms with Crippen LogP contribution in [0.1, 0.15) is 18.4 Å². The zero-order valence-electron chi connectivity index (χ0n) is 7.96. The molecule has 0 aliphatic rings. The SMILES string of the molecule is CC(CN)c1coc2c(Br)cccc12. The summed E-state index contributed by atoms with van der Waals surface area (Å²) in [5.74, 6) is 0.338. The maximum Gasteiger partial charge on any atom is 0.148 e. The Morgan fingerprint density at radius 1 is 1.50 bits per heavy atom. The van der Waals surface area contributed by atoms with Crippen molar-refractivity contribution in [1.29, 1.82) is 0 Å². The van der Waals surface area contributed by atoms with Crippen LogP contribution in [0.25, 0.3) is 11.0 Å². The lowest BCUT2D eigenvalue weighted by Gasteiger charge is -2.04. The molecule has 2 nitrogen and oxygen atoms in total. The normalized spacial score (nSPS) is 13.4. The van der Waals surface area contributed by atoms with Gasteiger partial charge in [0.25, 0.3) is 0 Å². The van der Waals surface area contributed by atoms with Crippen LogP contribution in [-0.2, 0) is 0 Å². The van der Waals surface area contributed by atoms with E-state index in [0.717, 1.165) is 15.4 Å². The molecule has 0 amide bonds. The van der Waals surface area contributed by atoms with Crippen LogP contribution < -0.4 is 5.73 Å². The van der Waals surface area contributed by atoms with Gasteiger partial charge in [-0.1, -0.05) is 19.1 Å². The fraction of sp³-hybridized carbons (Fsp3) is 0.273. The van der Waals surface area contributed by atoms with Gasteiger partial charge >= 0.3 is 0 Å². The summed E-state index contributed by atoms with van der Waals surface area (Å²) in [6.07, 6.45) is 1.80. The Balaban J connectivity index is 2.63. The number of halogens is 1. The van der Waals surface area contributed by atoms with E-state index in [2.05, 4.69) is 28.9 Å². The highest BCUT2D eigenvalue weighted by atomic mass is 79.9. The maximum atomic E-state index is 5.64. The van der Waals surface area contributed by atoms with Crippen LogP contribution in [0.5, 0.6) is 0 Å². The summed E-state index contributed by atoms with van der Waals surface area (Å²) in [4.78, 5) is 0. The summed E-state index contributed by atoms with van der Waals surface area (Å²) in [5, 5.41) is 1.15. The third-order valence-electron chi connectivity index (χ3n) is 2.47. The molecule has 0 saturated heterocycles. The lowest BCUT2D eigenvalue weighted by Crippen LogP contribution is -2.08. The summed E-state index contributed by atoms with van der Waals surface area (Å²) >= 11 is 3.46. The molecule has 3 heteroatoms. The molecule has 1 atom stereocenters. The van der Waals surface area contributed by atoms with Gasteiger partial charge in [-0.25, -0.2) is 0 Å². The molecular weight excluding hydrogens is 242 g/mol. The van der Waals surface area contributed by atoms with Crippen molar-refractivity contribution in [1.82, 2.24) is 0 Å². The molecule has 2 N–H and O–H groups in total. The summed E-state index contributed by atoms with van der Waals surface area (Å²) in [6, 6.07) is 6.04. The van der Waals surface area contributed by atoms with E-state index in [-0.39, 0.29) is 0 Å². The molecule has 1 aromatic heterocycles. The smallest absolute Gasteiger partial charge is 0.148 e. The highest BCUT2D eigenvalue weighted by Crippen LogP contribution is 2.31. The van der Waals surface area contributed by atoms with E-state index >= 15 is 0 Å². The molecule has 0 bridgehead atoms. The van der Waals surface area contributed by atoms with Crippen molar-refractivity contribution in [2.24, 2.45) is 5.73 Å². The van der Waals surface area contributed by atoms with E-state index in [1.54, 1.807) is 6.26 Å². The topological polar surface area (TPSA) is 39.2 Å². The lowest BCUT2D eigenvalue weighted by atomic mass is 10.0. The average Bonchev–Trinajstić information content (AvgIpc) is 2.62. The predicted molar refractivity (Wildman–Crippen MR) is 61.4 cm³/mol. The van der Waals surface area contributed by atoms with Crippen molar-refractivity contribution in [2.45, 2.75) is 12.8 Å². The van der Waals surface area contributed by atoms with Crippen LogP contribution in [0.3, 0.4) is 0 Å². The minimum atomic E-state index is 0.338. The average molecular weight is 254 g/mol. The number of para-hydroxylation sites is 1. The fourth-order valence-electron chi connectivity index (χ4n) is 1.55. The quantitative estimate of drug-likeness (QED) is 0.893. The Hall–Kier alpha value is -0.800. The van der Waals surface area contributed by atoms with E-state index in [0.29, 0.717) is 12.5 Å². The van der Waals surface area contributed by atoms with Crippen LogP contribution >= 0.6 is 15.9 Å². The molecule has 74 valence electrons. The Kier molecular flexibility index (Phi) is 2.61. The monoisotopic (exact) mass is 253 g/mol. The molecule has 2 rings (SSSR count). The van der Waals surface area contributed by atoms with Gasteiger partial charge < -0.3 is 10.2 Å². The maximum absolute atomic E-state index is 5.64. The second kappa shape index (κ2) is 3.75. The molecule has 0 radical (unpaired) electrons. The van der Waals surface area contributed by atoms with E-state index in [1.165, 1.54) is 5.56 Å². The van der Waals surface area contributed by atoms with Crippen LogP contribution in [0, 0.1) is 0 Å². The molecule has 0 aliphatic carbocycles. The first-order chi connectivity index (χ1) is 6.74. The summed E-state index contributed by atoms with van der Waals surface area (Å²) in [6.45, 7) is 2.74. The van der Waals surface area contributed by atoms with Gasteiger partial charge in [0.2, 0.25) is 0 Å². The van der Waals surface area contributed by atoms with Crippen molar-refractivity contribution < 1.29 is 4.42 Å². The van der Waals surface area contributed by atoms with Crippen LogP contribution in [-0.4, -0.2) is 6.54 Å². The summed E-state index contributed by atoms with van der Waals surface area (Å²) in [5.41, 5.74) is 7.73. The molecule has 2 aromatic rings. The second-order valence-electron chi connectivity index (χ2n) is 3.44. The minimum Gasteiger partial charge on any atom is -0.463 e. The Morgan fingerprint density at radius 2 is 2.29 bits per heavy atom. The van der Waals surface area contributed by atoms with Crippen molar-refractivity contribution in [2.75, 3.05) is 6.54 Å². The number of hydrogen-bond acceptors (Lipinski definition) is 2. The zero-order chi connectivity index (χ0) is 10.1. The number of hydrogen-bond donors (Lipinski definition) is 1. The number of benzene rings is 1. The van der Waals surface area contributed by atoms with Crippen molar-refractivity contribution in [3.8, 4) is 0 Å². The van der Waals surface area contributed by atoms with E-state index in [1.807, 2.05) is 12.1 Å². The second-order valence-corrected chi connectivity index (χ2v) is 4.30. The third kappa shape index (κ3) is 1.47. The lowest BCUT2D eigenvalue weighted by molar-refractivity contribution is 0.602. The van der Waals surface area contributed by atoms with E-state index in [9.17, 15) is 0 Å². The van der Waals surface area contributed by atoms with Crippen molar-refractivity contribution in [3.05, 3.63) is 34.5 Å². The standard InChI is InChI=1S/C11H12BrNO/c1-7(5-13)9-6-14-11-8(9)3-2-4-10(11)12/h2-4,6-7H,5,13H2,1H3. The molecule has 1 heterocycles. The van der Waals surface area contributed by atoms with Gasteiger partial charge in [0, 0.05) is 10.9 Å². The van der Waals surface area contributed by atoms with Crippen molar-refractivity contribution >= 4 is 26.9 Å². The van der Waals surface area contributed by atoms with Crippen LogP contribution in [0.2, 0.25) is 0 Å². The van der Waals surface area contributed by atoms with Gasteiger partial charge in [-0.2, -0.15) is 0 Å². The highest BCUT2D eigenvalue weighted by Gasteiger charge is 2.12. The van der Waals surface area contributed by atoms with Gasteiger partial charge in [-0.15, -0.1) is 0 Å².